The zero-order chi connectivity index (χ0) is 14.1. The van der Waals surface area contributed by atoms with Gasteiger partial charge >= 0.3 is 0 Å². The zero-order valence-electron chi connectivity index (χ0n) is 9.89. The maximum atomic E-state index is 8.86. The number of nitrogens with zero attached hydrogens (tertiary/aromatic N) is 3. The van der Waals surface area contributed by atoms with Crippen molar-refractivity contribution in [3.63, 3.8) is 0 Å². The molecule has 0 saturated carbocycles. The summed E-state index contributed by atoms with van der Waals surface area (Å²) in [5.74, 6) is 0. The number of hydrogen-bond donors (Lipinski definition) is 1. The molecule has 0 saturated heterocycles. The van der Waals surface area contributed by atoms with Crippen molar-refractivity contribution in [3.8, 4) is 6.07 Å². The van der Waals surface area contributed by atoms with Gasteiger partial charge in [0.15, 0.2) is 0 Å². The minimum absolute atomic E-state index is 0.386. The maximum Gasteiger partial charge on any atom is 0.129 e. The summed E-state index contributed by atoms with van der Waals surface area (Å²) in [6.45, 7) is 0. The first kappa shape index (κ1) is 13.1. The van der Waals surface area contributed by atoms with Crippen molar-refractivity contribution >= 4 is 57.3 Å². The second-order valence-electron chi connectivity index (χ2n) is 3.99. The van der Waals surface area contributed by atoms with Crippen LogP contribution < -0.4 is 5.32 Å². The Labute approximate surface area is 128 Å². The molecular formula is C13H6Cl2N4S. The molecule has 98 valence electrons. The van der Waals surface area contributed by atoms with E-state index in [1.54, 1.807) is 24.3 Å². The average molecular weight is 321 g/mol. The molecule has 7 heteroatoms. The predicted molar refractivity (Wildman–Crippen MR) is 81.9 cm³/mol. The van der Waals surface area contributed by atoms with Crippen LogP contribution >= 0.6 is 34.9 Å². The predicted octanol–water partition coefficient (Wildman–Crippen LogP) is 4.61. The number of hydrogen-bond acceptors (Lipinski definition) is 5. The highest BCUT2D eigenvalue weighted by atomic mass is 35.5. The van der Waals surface area contributed by atoms with E-state index < -0.39 is 0 Å². The molecule has 1 aromatic heterocycles. The molecule has 0 fully saturated rings. The zero-order valence-corrected chi connectivity index (χ0v) is 12.2. The number of benzene rings is 2. The van der Waals surface area contributed by atoms with E-state index >= 15 is 0 Å². The van der Waals surface area contributed by atoms with Crippen LogP contribution in [0.25, 0.3) is 11.0 Å². The molecule has 3 aromatic rings. The van der Waals surface area contributed by atoms with Crippen LogP contribution in [-0.4, -0.2) is 8.75 Å². The second-order valence-corrected chi connectivity index (χ2v) is 5.33. The van der Waals surface area contributed by atoms with Gasteiger partial charge in [0.25, 0.3) is 0 Å². The first-order chi connectivity index (χ1) is 9.69. The van der Waals surface area contributed by atoms with Gasteiger partial charge in [-0.05, 0) is 30.3 Å². The van der Waals surface area contributed by atoms with E-state index in [-0.39, 0.29) is 0 Å². The molecule has 0 aliphatic carbocycles. The highest BCUT2D eigenvalue weighted by molar-refractivity contribution is 7.00. The van der Waals surface area contributed by atoms with E-state index in [0.29, 0.717) is 26.8 Å². The summed E-state index contributed by atoms with van der Waals surface area (Å²) in [7, 11) is 0. The second kappa shape index (κ2) is 5.25. The lowest BCUT2D eigenvalue weighted by molar-refractivity contribution is 1.47. The maximum absolute atomic E-state index is 8.86. The van der Waals surface area contributed by atoms with Crippen LogP contribution in [0.4, 0.5) is 11.4 Å². The molecule has 0 aliphatic rings. The fraction of sp³-hybridized carbons (Fsp3) is 0. The quantitative estimate of drug-likeness (QED) is 0.748. The lowest BCUT2D eigenvalue weighted by Gasteiger charge is -2.09. The molecular weight excluding hydrogens is 315 g/mol. The Balaban J connectivity index is 2.05. The van der Waals surface area contributed by atoms with Crippen LogP contribution in [0, 0.1) is 11.3 Å². The van der Waals surface area contributed by atoms with E-state index in [9.17, 15) is 0 Å². The molecule has 0 spiro atoms. The molecule has 0 radical (unpaired) electrons. The van der Waals surface area contributed by atoms with Gasteiger partial charge in [-0.25, -0.2) is 0 Å². The summed E-state index contributed by atoms with van der Waals surface area (Å²) in [4.78, 5) is 0. The van der Waals surface area contributed by atoms with E-state index in [0.717, 1.165) is 22.9 Å². The number of aromatic nitrogens is 2. The molecule has 20 heavy (non-hydrogen) atoms. The Kier molecular flexibility index (Phi) is 3.45. The van der Waals surface area contributed by atoms with E-state index in [2.05, 4.69) is 14.1 Å². The topological polar surface area (TPSA) is 61.6 Å². The van der Waals surface area contributed by atoms with Crippen LogP contribution in [0.1, 0.15) is 5.56 Å². The summed E-state index contributed by atoms with van der Waals surface area (Å²) < 4.78 is 8.40. The van der Waals surface area contributed by atoms with Crippen molar-refractivity contribution in [2.24, 2.45) is 0 Å². The molecule has 4 nitrogen and oxygen atoms in total. The Bertz CT molecular complexity index is 838. The largest absolute Gasteiger partial charge is 0.352 e. The van der Waals surface area contributed by atoms with Crippen LogP contribution in [0.5, 0.6) is 0 Å². The third-order valence-corrected chi connectivity index (χ3v) is 3.91. The van der Waals surface area contributed by atoms with E-state index in [1.165, 1.54) is 0 Å². The Morgan fingerprint density at radius 1 is 1.10 bits per heavy atom. The van der Waals surface area contributed by atoms with E-state index in [4.69, 9.17) is 28.5 Å². The highest BCUT2D eigenvalue weighted by Gasteiger charge is 2.11. The highest BCUT2D eigenvalue weighted by Crippen LogP contribution is 2.33. The summed E-state index contributed by atoms with van der Waals surface area (Å²) >= 11 is 13.3. The molecule has 3 rings (SSSR count). The minimum Gasteiger partial charge on any atom is -0.352 e. The fourth-order valence-corrected chi connectivity index (χ4v) is 2.74. The van der Waals surface area contributed by atoms with Crippen molar-refractivity contribution in [2.75, 3.05) is 5.32 Å². The molecule has 0 aliphatic heterocycles. The number of anilines is 2. The monoisotopic (exact) mass is 320 g/mol. The Morgan fingerprint density at radius 3 is 2.70 bits per heavy atom. The minimum atomic E-state index is 0.386. The summed E-state index contributed by atoms with van der Waals surface area (Å²) in [5, 5.41) is 13.0. The number of rotatable bonds is 2. The molecule has 0 unspecified atom stereocenters. The molecule has 2 aromatic carbocycles. The van der Waals surface area contributed by atoms with Gasteiger partial charge in [0, 0.05) is 5.69 Å². The van der Waals surface area contributed by atoms with Gasteiger partial charge < -0.3 is 5.32 Å². The van der Waals surface area contributed by atoms with Crippen LogP contribution in [0.3, 0.4) is 0 Å². The van der Waals surface area contributed by atoms with Gasteiger partial charge in [0.05, 0.1) is 33.0 Å². The molecule has 1 N–H and O–H groups in total. The molecule has 0 amide bonds. The van der Waals surface area contributed by atoms with Crippen molar-refractivity contribution < 1.29 is 0 Å². The summed E-state index contributed by atoms with van der Waals surface area (Å²) in [5.41, 5.74) is 3.33. The SMILES string of the molecule is N#Cc1ccc(Nc2c(Cl)ccc3nsnc23)cc1Cl. The van der Waals surface area contributed by atoms with Gasteiger partial charge in [-0.1, -0.05) is 23.2 Å². The number of fused-ring (bicyclic) bond motifs is 1. The first-order valence-electron chi connectivity index (χ1n) is 5.56. The Morgan fingerprint density at radius 2 is 1.95 bits per heavy atom. The van der Waals surface area contributed by atoms with Crippen molar-refractivity contribution in [2.45, 2.75) is 0 Å². The molecule has 0 atom stereocenters. The normalized spacial score (nSPS) is 10.4. The third-order valence-electron chi connectivity index (χ3n) is 2.74. The third kappa shape index (κ3) is 2.29. The lowest BCUT2D eigenvalue weighted by Crippen LogP contribution is -1.93. The molecule has 0 bridgehead atoms. The number of halogens is 2. The summed E-state index contributed by atoms with van der Waals surface area (Å²) in [6, 6.07) is 10.7. The van der Waals surface area contributed by atoms with Crippen molar-refractivity contribution in [1.82, 2.24) is 8.75 Å². The van der Waals surface area contributed by atoms with Gasteiger partial charge in [-0.3, -0.25) is 0 Å². The molecule has 1 heterocycles. The summed E-state index contributed by atoms with van der Waals surface area (Å²) in [6.07, 6.45) is 0. The smallest absolute Gasteiger partial charge is 0.129 e. The Hall–Kier alpha value is -1.87. The standard InChI is InChI=1S/C13H6Cl2N4S/c14-9-3-4-11-13(19-20-18-11)12(9)17-8-2-1-7(6-16)10(15)5-8/h1-5,17H. The lowest BCUT2D eigenvalue weighted by atomic mass is 10.2. The van der Waals surface area contributed by atoms with E-state index in [1.807, 2.05) is 12.1 Å². The van der Waals surface area contributed by atoms with Crippen molar-refractivity contribution in [3.05, 3.63) is 45.9 Å². The number of nitriles is 1. The number of nitrogens with one attached hydrogen (secondary N) is 1. The first-order valence-corrected chi connectivity index (χ1v) is 7.05. The van der Waals surface area contributed by atoms with Crippen LogP contribution in [0.15, 0.2) is 30.3 Å². The van der Waals surface area contributed by atoms with Gasteiger partial charge in [-0.2, -0.15) is 14.0 Å². The van der Waals surface area contributed by atoms with Gasteiger partial charge in [0.1, 0.15) is 17.1 Å². The van der Waals surface area contributed by atoms with Crippen LogP contribution in [0.2, 0.25) is 10.0 Å². The van der Waals surface area contributed by atoms with Crippen LogP contribution in [-0.2, 0) is 0 Å². The fourth-order valence-electron chi connectivity index (χ4n) is 1.77. The van der Waals surface area contributed by atoms with Gasteiger partial charge in [-0.15, -0.1) is 0 Å². The average Bonchev–Trinajstić information content (AvgIpc) is 2.91. The van der Waals surface area contributed by atoms with Gasteiger partial charge in [0.2, 0.25) is 0 Å². The van der Waals surface area contributed by atoms with Crippen molar-refractivity contribution in [1.29, 1.82) is 5.26 Å².